The Kier molecular flexibility index (Phi) is 3.48. The number of aliphatic hydroxyl groups excluding tert-OH is 1. The van der Waals surface area contributed by atoms with Gasteiger partial charge in [-0.05, 0) is 31.2 Å². The van der Waals surface area contributed by atoms with E-state index in [9.17, 15) is 4.79 Å². The summed E-state index contributed by atoms with van der Waals surface area (Å²) in [5.41, 5.74) is 0.704. The number of ether oxygens (including phenoxy) is 1. The van der Waals surface area contributed by atoms with Crippen LogP contribution in [0.15, 0.2) is 24.3 Å². The fourth-order valence-corrected chi connectivity index (χ4v) is 1.02. The van der Waals surface area contributed by atoms with Crippen LogP contribution in [-0.2, 0) is 4.79 Å². The van der Waals surface area contributed by atoms with E-state index in [0.717, 1.165) is 0 Å². The van der Waals surface area contributed by atoms with Gasteiger partial charge in [0, 0.05) is 12.6 Å². The van der Waals surface area contributed by atoms with Gasteiger partial charge in [-0.1, -0.05) is 0 Å². The third kappa shape index (κ3) is 3.45. The van der Waals surface area contributed by atoms with Crippen molar-refractivity contribution < 1.29 is 14.6 Å². The Morgan fingerprint density at radius 2 is 2.00 bits per heavy atom. The zero-order valence-electron chi connectivity index (χ0n) is 8.15. The van der Waals surface area contributed by atoms with Crippen molar-refractivity contribution >= 4 is 11.6 Å². The Hall–Kier alpha value is -1.55. The predicted molar refractivity (Wildman–Crippen MR) is 53.1 cm³/mol. The molecule has 1 aromatic rings. The Bertz CT molecular complexity index is 306. The lowest BCUT2D eigenvalue weighted by Crippen LogP contribution is -2.09. The first-order valence-electron chi connectivity index (χ1n) is 4.30. The zero-order valence-corrected chi connectivity index (χ0v) is 8.15. The van der Waals surface area contributed by atoms with E-state index in [2.05, 4.69) is 5.32 Å². The Balaban J connectivity index is 2.63. The van der Waals surface area contributed by atoms with Gasteiger partial charge in [0.05, 0.1) is 0 Å². The Morgan fingerprint density at radius 3 is 2.43 bits per heavy atom. The van der Waals surface area contributed by atoms with Gasteiger partial charge in [-0.2, -0.15) is 0 Å². The van der Waals surface area contributed by atoms with Crippen LogP contribution >= 0.6 is 0 Å². The normalized spacial score (nSPS) is 11.9. The highest BCUT2D eigenvalue weighted by atomic mass is 16.6. The molecule has 1 rings (SSSR count). The lowest BCUT2D eigenvalue weighted by molar-refractivity contribution is -0.114. The van der Waals surface area contributed by atoms with Gasteiger partial charge in [-0.15, -0.1) is 0 Å². The molecule has 1 amide bonds. The fourth-order valence-electron chi connectivity index (χ4n) is 1.02. The number of rotatable bonds is 3. The minimum atomic E-state index is -0.832. The molecule has 0 bridgehead atoms. The standard InChI is InChI=1S/C10H13NO3/c1-7(12)11-9-3-5-10(6-4-9)14-8(2)13/h3-6,8,13H,1-2H3,(H,11,12)/t8-/m0/s1. The van der Waals surface area contributed by atoms with Crippen LogP contribution in [0.5, 0.6) is 5.75 Å². The van der Waals surface area contributed by atoms with Crippen LogP contribution in [0.1, 0.15) is 13.8 Å². The molecule has 0 aliphatic rings. The van der Waals surface area contributed by atoms with Crippen LogP contribution in [0.3, 0.4) is 0 Å². The molecule has 0 saturated heterocycles. The lowest BCUT2D eigenvalue weighted by Gasteiger charge is -2.09. The summed E-state index contributed by atoms with van der Waals surface area (Å²) in [4.78, 5) is 10.7. The molecule has 1 atom stereocenters. The number of aliphatic hydroxyl groups is 1. The van der Waals surface area contributed by atoms with E-state index < -0.39 is 6.29 Å². The highest BCUT2D eigenvalue weighted by molar-refractivity contribution is 5.88. The van der Waals surface area contributed by atoms with Crippen molar-refractivity contribution in [1.29, 1.82) is 0 Å². The molecule has 4 heteroatoms. The number of hydrogen-bond donors (Lipinski definition) is 2. The van der Waals surface area contributed by atoms with Crippen molar-refractivity contribution in [2.75, 3.05) is 5.32 Å². The van der Waals surface area contributed by atoms with E-state index in [1.165, 1.54) is 13.8 Å². The monoisotopic (exact) mass is 195 g/mol. The largest absolute Gasteiger partial charge is 0.465 e. The minimum Gasteiger partial charge on any atom is -0.465 e. The number of carbonyl (C=O) groups is 1. The SMILES string of the molecule is CC(=O)Nc1ccc(O[C@@H](C)O)cc1. The van der Waals surface area contributed by atoms with Gasteiger partial charge in [-0.3, -0.25) is 4.79 Å². The number of anilines is 1. The van der Waals surface area contributed by atoms with Gasteiger partial charge in [-0.25, -0.2) is 0 Å². The molecule has 0 heterocycles. The first-order chi connectivity index (χ1) is 6.58. The van der Waals surface area contributed by atoms with Crippen molar-refractivity contribution in [3.05, 3.63) is 24.3 Å². The molecule has 2 N–H and O–H groups in total. The van der Waals surface area contributed by atoms with Crippen molar-refractivity contribution in [1.82, 2.24) is 0 Å². The number of amides is 1. The van der Waals surface area contributed by atoms with E-state index in [1.54, 1.807) is 24.3 Å². The van der Waals surface area contributed by atoms with Gasteiger partial charge in [0.2, 0.25) is 5.91 Å². The van der Waals surface area contributed by atoms with Crippen molar-refractivity contribution in [2.45, 2.75) is 20.1 Å². The zero-order chi connectivity index (χ0) is 10.6. The molecule has 4 nitrogen and oxygen atoms in total. The Morgan fingerprint density at radius 1 is 1.43 bits per heavy atom. The molecular weight excluding hydrogens is 182 g/mol. The summed E-state index contributed by atoms with van der Waals surface area (Å²) < 4.78 is 5.02. The summed E-state index contributed by atoms with van der Waals surface area (Å²) in [6.45, 7) is 2.97. The lowest BCUT2D eigenvalue weighted by atomic mass is 10.3. The molecular formula is C10H13NO3. The molecule has 0 fully saturated rings. The second-order valence-corrected chi connectivity index (χ2v) is 2.92. The predicted octanol–water partition coefficient (Wildman–Crippen LogP) is 1.36. The summed E-state index contributed by atoms with van der Waals surface area (Å²) in [6, 6.07) is 6.77. The van der Waals surface area contributed by atoms with E-state index in [4.69, 9.17) is 9.84 Å². The minimum absolute atomic E-state index is 0.116. The third-order valence-electron chi connectivity index (χ3n) is 1.48. The maximum absolute atomic E-state index is 10.7. The summed E-state index contributed by atoms with van der Waals surface area (Å²) in [7, 11) is 0. The van der Waals surface area contributed by atoms with Gasteiger partial charge in [0.15, 0.2) is 6.29 Å². The number of hydrogen-bond acceptors (Lipinski definition) is 3. The molecule has 14 heavy (non-hydrogen) atoms. The average Bonchev–Trinajstić information content (AvgIpc) is 2.06. The van der Waals surface area contributed by atoms with Crippen LogP contribution in [0.25, 0.3) is 0 Å². The molecule has 0 spiro atoms. The van der Waals surface area contributed by atoms with Crippen LogP contribution in [0.2, 0.25) is 0 Å². The molecule has 1 aromatic carbocycles. The third-order valence-corrected chi connectivity index (χ3v) is 1.48. The van der Waals surface area contributed by atoms with Gasteiger partial charge in [0.1, 0.15) is 5.75 Å². The highest BCUT2D eigenvalue weighted by Gasteiger charge is 1.99. The highest BCUT2D eigenvalue weighted by Crippen LogP contribution is 2.16. The fraction of sp³-hybridized carbons (Fsp3) is 0.300. The molecule has 76 valence electrons. The first-order valence-corrected chi connectivity index (χ1v) is 4.30. The van der Waals surface area contributed by atoms with Crippen LogP contribution < -0.4 is 10.1 Å². The van der Waals surface area contributed by atoms with Crippen LogP contribution in [-0.4, -0.2) is 17.3 Å². The van der Waals surface area contributed by atoms with E-state index in [1.807, 2.05) is 0 Å². The molecule has 0 saturated carbocycles. The van der Waals surface area contributed by atoms with E-state index >= 15 is 0 Å². The Labute approximate surface area is 82.5 Å². The maximum atomic E-state index is 10.7. The van der Waals surface area contributed by atoms with Crippen molar-refractivity contribution in [3.63, 3.8) is 0 Å². The maximum Gasteiger partial charge on any atom is 0.221 e. The number of benzene rings is 1. The van der Waals surface area contributed by atoms with E-state index in [0.29, 0.717) is 11.4 Å². The van der Waals surface area contributed by atoms with Gasteiger partial charge < -0.3 is 15.2 Å². The van der Waals surface area contributed by atoms with Crippen molar-refractivity contribution in [3.8, 4) is 5.75 Å². The number of nitrogens with one attached hydrogen (secondary N) is 1. The average molecular weight is 195 g/mol. The van der Waals surface area contributed by atoms with Gasteiger partial charge >= 0.3 is 0 Å². The van der Waals surface area contributed by atoms with E-state index in [-0.39, 0.29) is 5.91 Å². The quantitative estimate of drug-likeness (QED) is 0.716. The first kappa shape index (κ1) is 10.5. The molecule has 0 aliphatic heterocycles. The van der Waals surface area contributed by atoms with Gasteiger partial charge in [0.25, 0.3) is 0 Å². The molecule has 0 aliphatic carbocycles. The van der Waals surface area contributed by atoms with Crippen molar-refractivity contribution in [2.24, 2.45) is 0 Å². The second kappa shape index (κ2) is 4.62. The van der Waals surface area contributed by atoms with Crippen LogP contribution in [0.4, 0.5) is 5.69 Å². The summed E-state index contributed by atoms with van der Waals surface area (Å²) in [5.74, 6) is 0.447. The smallest absolute Gasteiger partial charge is 0.221 e. The summed E-state index contributed by atoms with van der Waals surface area (Å²) in [5, 5.41) is 11.6. The molecule has 0 unspecified atom stereocenters. The summed E-state index contributed by atoms with van der Waals surface area (Å²) in [6.07, 6.45) is -0.832. The number of carbonyl (C=O) groups excluding carboxylic acids is 1. The molecule has 0 radical (unpaired) electrons. The topological polar surface area (TPSA) is 58.6 Å². The second-order valence-electron chi connectivity index (χ2n) is 2.92. The summed E-state index contributed by atoms with van der Waals surface area (Å²) >= 11 is 0. The molecule has 0 aromatic heterocycles. The van der Waals surface area contributed by atoms with Crippen LogP contribution in [0, 0.1) is 0 Å².